The maximum atomic E-state index is 5.56. The van der Waals surface area contributed by atoms with E-state index in [0.717, 1.165) is 31.2 Å². The summed E-state index contributed by atoms with van der Waals surface area (Å²) in [5.74, 6) is 2.39. The van der Waals surface area contributed by atoms with Gasteiger partial charge in [-0.2, -0.15) is 5.10 Å². The van der Waals surface area contributed by atoms with Crippen LogP contribution in [0.4, 0.5) is 0 Å². The van der Waals surface area contributed by atoms with Gasteiger partial charge in [0.05, 0.1) is 25.0 Å². The van der Waals surface area contributed by atoms with Gasteiger partial charge in [0.2, 0.25) is 0 Å². The van der Waals surface area contributed by atoms with Gasteiger partial charge < -0.3 is 10.1 Å². The fourth-order valence-electron chi connectivity index (χ4n) is 3.52. The van der Waals surface area contributed by atoms with Gasteiger partial charge in [-0.15, -0.1) is 0 Å². The molecule has 1 aliphatic rings. The molecule has 3 unspecified atom stereocenters. The zero-order chi connectivity index (χ0) is 14.5. The van der Waals surface area contributed by atoms with Crippen LogP contribution in [-0.4, -0.2) is 23.4 Å². The van der Waals surface area contributed by atoms with Gasteiger partial charge in [-0.05, 0) is 38.1 Å². The molecule has 1 aliphatic carbocycles. The lowest BCUT2D eigenvalue weighted by Crippen LogP contribution is -2.32. The predicted octanol–water partition coefficient (Wildman–Crippen LogP) is 3.39. The first-order chi connectivity index (χ1) is 9.72. The molecule has 3 atom stereocenters. The Hall–Kier alpha value is -1.03. The van der Waals surface area contributed by atoms with Crippen LogP contribution >= 0.6 is 0 Å². The van der Waals surface area contributed by atoms with Crippen molar-refractivity contribution in [1.82, 2.24) is 15.1 Å². The summed E-state index contributed by atoms with van der Waals surface area (Å²) in [4.78, 5) is 0. The van der Waals surface area contributed by atoms with E-state index in [9.17, 15) is 0 Å². The lowest BCUT2D eigenvalue weighted by molar-refractivity contribution is 0.279. The Morgan fingerprint density at radius 2 is 2.25 bits per heavy atom. The van der Waals surface area contributed by atoms with E-state index in [-0.39, 0.29) is 0 Å². The topological polar surface area (TPSA) is 39.1 Å². The molecule has 0 spiro atoms. The summed E-state index contributed by atoms with van der Waals surface area (Å²) in [6, 6.07) is 0.366. The highest BCUT2D eigenvalue weighted by atomic mass is 16.5. The highest BCUT2D eigenvalue weighted by molar-refractivity contribution is 5.29. The molecule has 4 nitrogen and oxygen atoms in total. The molecule has 0 bridgehead atoms. The number of aromatic nitrogens is 2. The van der Waals surface area contributed by atoms with Gasteiger partial charge in [-0.25, -0.2) is 0 Å². The van der Waals surface area contributed by atoms with Crippen LogP contribution in [0.5, 0.6) is 5.75 Å². The van der Waals surface area contributed by atoms with Gasteiger partial charge >= 0.3 is 0 Å². The standard InChI is InChI=1S/C16H29N3O/c1-5-10-17-15(13-9-7-8-12(13)3)16-14(20-4)11-18-19(16)6-2/h11-13,15,17H,5-10H2,1-4H3. The molecule has 0 radical (unpaired) electrons. The highest BCUT2D eigenvalue weighted by Crippen LogP contribution is 2.42. The van der Waals surface area contributed by atoms with Gasteiger partial charge in [-0.3, -0.25) is 4.68 Å². The van der Waals surface area contributed by atoms with Crippen LogP contribution in [0.2, 0.25) is 0 Å². The minimum absolute atomic E-state index is 0.366. The average molecular weight is 279 g/mol. The van der Waals surface area contributed by atoms with Crippen molar-refractivity contribution >= 4 is 0 Å². The van der Waals surface area contributed by atoms with Crippen molar-refractivity contribution in [2.24, 2.45) is 11.8 Å². The number of hydrogen-bond acceptors (Lipinski definition) is 3. The zero-order valence-electron chi connectivity index (χ0n) is 13.4. The van der Waals surface area contributed by atoms with E-state index in [2.05, 4.69) is 35.9 Å². The summed E-state index contributed by atoms with van der Waals surface area (Å²) >= 11 is 0. The summed E-state index contributed by atoms with van der Waals surface area (Å²) in [5, 5.41) is 8.24. The van der Waals surface area contributed by atoms with Crippen molar-refractivity contribution in [3.05, 3.63) is 11.9 Å². The SMILES string of the molecule is CCCNC(c1c(OC)cnn1CC)C1CCCC1C. The van der Waals surface area contributed by atoms with Gasteiger partial charge in [0, 0.05) is 6.54 Å². The number of ether oxygens (including phenoxy) is 1. The molecule has 2 rings (SSSR count). The van der Waals surface area contributed by atoms with Crippen molar-refractivity contribution in [3.63, 3.8) is 0 Å². The van der Waals surface area contributed by atoms with Crippen molar-refractivity contribution in [3.8, 4) is 5.75 Å². The monoisotopic (exact) mass is 279 g/mol. The largest absolute Gasteiger partial charge is 0.493 e. The third-order valence-electron chi connectivity index (χ3n) is 4.63. The number of nitrogens with one attached hydrogen (secondary N) is 1. The first-order valence-corrected chi connectivity index (χ1v) is 8.05. The van der Waals surface area contributed by atoms with Crippen LogP contribution in [0.25, 0.3) is 0 Å². The van der Waals surface area contributed by atoms with Crippen molar-refractivity contribution < 1.29 is 4.74 Å². The molecule has 1 heterocycles. The fourth-order valence-corrected chi connectivity index (χ4v) is 3.52. The van der Waals surface area contributed by atoms with E-state index in [4.69, 9.17) is 4.74 Å². The minimum atomic E-state index is 0.366. The van der Waals surface area contributed by atoms with Crippen LogP contribution < -0.4 is 10.1 Å². The van der Waals surface area contributed by atoms with Crippen LogP contribution in [-0.2, 0) is 6.54 Å². The molecule has 1 aromatic heterocycles. The van der Waals surface area contributed by atoms with Crippen molar-refractivity contribution in [2.75, 3.05) is 13.7 Å². The summed E-state index contributed by atoms with van der Waals surface area (Å²) in [5.41, 5.74) is 1.24. The third kappa shape index (κ3) is 3.00. The van der Waals surface area contributed by atoms with E-state index < -0.39 is 0 Å². The molecule has 1 aromatic rings. The Labute approximate surface area is 122 Å². The normalized spacial score (nSPS) is 24.0. The van der Waals surface area contributed by atoms with Crippen LogP contribution in [0.3, 0.4) is 0 Å². The fraction of sp³-hybridized carbons (Fsp3) is 0.812. The lowest BCUT2D eigenvalue weighted by atomic mass is 9.87. The smallest absolute Gasteiger partial charge is 0.161 e. The Morgan fingerprint density at radius 1 is 1.45 bits per heavy atom. The van der Waals surface area contributed by atoms with Gasteiger partial charge in [0.1, 0.15) is 0 Å². The van der Waals surface area contributed by atoms with Crippen LogP contribution in [0.15, 0.2) is 6.20 Å². The van der Waals surface area contributed by atoms with E-state index in [0.29, 0.717) is 12.0 Å². The molecule has 0 aliphatic heterocycles. The summed E-state index contributed by atoms with van der Waals surface area (Å²) in [6.07, 6.45) is 7.01. The third-order valence-corrected chi connectivity index (χ3v) is 4.63. The van der Waals surface area contributed by atoms with E-state index in [1.54, 1.807) is 7.11 Å². The molecule has 1 N–H and O–H groups in total. The summed E-state index contributed by atoms with van der Waals surface area (Å²) in [7, 11) is 1.75. The average Bonchev–Trinajstić information content (AvgIpc) is 3.06. The van der Waals surface area contributed by atoms with E-state index in [1.807, 2.05) is 6.20 Å². The second kappa shape index (κ2) is 7.11. The Morgan fingerprint density at radius 3 is 2.80 bits per heavy atom. The zero-order valence-corrected chi connectivity index (χ0v) is 13.4. The molecule has 114 valence electrons. The number of methoxy groups -OCH3 is 1. The molecule has 0 saturated heterocycles. The molecule has 0 aromatic carbocycles. The second-order valence-corrected chi connectivity index (χ2v) is 5.92. The number of aryl methyl sites for hydroxylation is 1. The number of rotatable bonds is 7. The molecular formula is C16H29N3O. The summed E-state index contributed by atoms with van der Waals surface area (Å²) in [6.45, 7) is 8.69. The lowest BCUT2D eigenvalue weighted by Gasteiger charge is -2.29. The maximum absolute atomic E-state index is 5.56. The van der Waals surface area contributed by atoms with Gasteiger partial charge in [0.15, 0.2) is 5.75 Å². The maximum Gasteiger partial charge on any atom is 0.161 e. The van der Waals surface area contributed by atoms with Gasteiger partial charge in [-0.1, -0.05) is 26.7 Å². The Bertz CT molecular complexity index is 394. The van der Waals surface area contributed by atoms with Crippen LogP contribution in [0.1, 0.15) is 58.2 Å². The first kappa shape index (κ1) is 15.4. The molecular weight excluding hydrogens is 250 g/mol. The minimum Gasteiger partial charge on any atom is -0.493 e. The molecule has 20 heavy (non-hydrogen) atoms. The number of nitrogens with zero attached hydrogens (tertiary/aromatic N) is 2. The van der Waals surface area contributed by atoms with Crippen LogP contribution in [0, 0.1) is 11.8 Å². The Balaban J connectivity index is 2.32. The van der Waals surface area contributed by atoms with Gasteiger partial charge in [0.25, 0.3) is 0 Å². The summed E-state index contributed by atoms with van der Waals surface area (Å²) < 4.78 is 7.65. The van der Waals surface area contributed by atoms with Crippen molar-refractivity contribution in [2.45, 2.75) is 59.0 Å². The first-order valence-electron chi connectivity index (χ1n) is 8.05. The second-order valence-electron chi connectivity index (χ2n) is 5.92. The predicted molar refractivity (Wildman–Crippen MR) is 82.0 cm³/mol. The highest BCUT2D eigenvalue weighted by Gasteiger charge is 2.35. The Kier molecular flexibility index (Phi) is 5.46. The van der Waals surface area contributed by atoms with Crippen molar-refractivity contribution in [1.29, 1.82) is 0 Å². The van der Waals surface area contributed by atoms with E-state index in [1.165, 1.54) is 25.0 Å². The molecule has 4 heteroatoms. The number of hydrogen-bond donors (Lipinski definition) is 1. The molecule has 1 saturated carbocycles. The quantitative estimate of drug-likeness (QED) is 0.831. The van der Waals surface area contributed by atoms with E-state index >= 15 is 0 Å². The molecule has 1 fully saturated rings. The molecule has 0 amide bonds.